The fourth-order valence-corrected chi connectivity index (χ4v) is 3.74. The monoisotopic (exact) mass is 318 g/mol. The van der Waals surface area contributed by atoms with Crippen molar-refractivity contribution in [2.45, 2.75) is 56.9 Å². The van der Waals surface area contributed by atoms with Crippen molar-refractivity contribution in [3.63, 3.8) is 0 Å². The molecular weight excluding hydrogens is 291 g/mol. The molecule has 1 N–H and O–H groups in total. The van der Waals surface area contributed by atoms with E-state index < -0.39 is 0 Å². The molecule has 3 rings (SSSR count). The maximum absolute atomic E-state index is 13.1. The maximum atomic E-state index is 13.1. The second kappa shape index (κ2) is 7.00. The largest absolute Gasteiger partial charge is 0.354 e. The lowest BCUT2D eigenvalue weighted by molar-refractivity contribution is -0.127. The molecule has 1 aliphatic heterocycles. The van der Waals surface area contributed by atoms with Gasteiger partial charge in [-0.1, -0.05) is 25.5 Å². The number of nitrogens with zero attached hydrogens (tertiary/aromatic N) is 1. The molecule has 3 nitrogen and oxygen atoms in total. The fraction of sp³-hybridized carbons (Fsp3) is 0.632. The van der Waals surface area contributed by atoms with Gasteiger partial charge >= 0.3 is 0 Å². The minimum absolute atomic E-state index is 0.0349. The number of piperidine rings is 1. The van der Waals surface area contributed by atoms with E-state index in [9.17, 15) is 9.18 Å². The van der Waals surface area contributed by atoms with Gasteiger partial charge in [-0.2, -0.15) is 0 Å². The van der Waals surface area contributed by atoms with E-state index in [2.05, 4.69) is 17.1 Å². The van der Waals surface area contributed by atoms with Gasteiger partial charge in [-0.05, 0) is 62.9 Å². The van der Waals surface area contributed by atoms with Gasteiger partial charge in [0.05, 0.1) is 6.04 Å². The van der Waals surface area contributed by atoms with E-state index >= 15 is 0 Å². The molecular formula is C19H27FN2O. The van der Waals surface area contributed by atoms with E-state index in [-0.39, 0.29) is 23.2 Å². The Balaban J connectivity index is 1.59. The average Bonchev–Trinajstić information content (AvgIpc) is 3.35. The second-order valence-corrected chi connectivity index (χ2v) is 7.05. The molecule has 1 aliphatic carbocycles. The molecule has 1 aromatic carbocycles. The Bertz CT molecular complexity index is 537. The molecule has 2 fully saturated rings. The Morgan fingerprint density at radius 1 is 1.30 bits per heavy atom. The number of nitrogens with one attached hydrogen (secondary N) is 1. The molecule has 2 aliphatic rings. The van der Waals surface area contributed by atoms with E-state index in [1.807, 2.05) is 12.1 Å². The number of carbonyl (C=O) groups is 1. The van der Waals surface area contributed by atoms with Gasteiger partial charge in [0.15, 0.2) is 0 Å². The van der Waals surface area contributed by atoms with Crippen LogP contribution in [0.15, 0.2) is 24.3 Å². The highest BCUT2D eigenvalue weighted by molar-refractivity contribution is 5.82. The van der Waals surface area contributed by atoms with Crippen LogP contribution in [0.25, 0.3) is 0 Å². The predicted octanol–water partition coefficient (Wildman–Crippen LogP) is 3.24. The van der Waals surface area contributed by atoms with Gasteiger partial charge in [-0.3, -0.25) is 9.69 Å². The zero-order valence-corrected chi connectivity index (χ0v) is 14.0. The first-order chi connectivity index (χ1) is 11.1. The quantitative estimate of drug-likeness (QED) is 0.873. The van der Waals surface area contributed by atoms with Crippen molar-refractivity contribution in [1.82, 2.24) is 10.2 Å². The molecule has 126 valence electrons. The third-order valence-corrected chi connectivity index (χ3v) is 5.34. The minimum Gasteiger partial charge on any atom is -0.354 e. The third kappa shape index (κ3) is 3.74. The van der Waals surface area contributed by atoms with Crippen LogP contribution in [0.2, 0.25) is 0 Å². The lowest BCUT2D eigenvalue weighted by atomic mass is 9.95. The van der Waals surface area contributed by atoms with Gasteiger partial charge in [-0.15, -0.1) is 0 Å². The Labute approximate surface area is 138 Å². The summed E-state index contributed by atoms with van der Waals surface area (Å²) in [4.78, 5) is 15.0. The molecule has 0 radical (unpaired) electrons. The van der Waals surface area contributed by atoms with Gasteiger partial charge in [0.1, 0.15) is 5.82 Å². The average molecular weight is 318 g/mol. The molecule has 1 heterocycles. The highest BCUT2D eigenvalue weighted by Crippen LogP contribution is 2.47. The zero-order chi connectivity index (χ0) is 16.3. The first-order valence-corrected chi connectivity index (χ1v) is 8.92. The van der Waals surface area contributed by atoms with E-state index in [0.29, 0.717) is 6.54 Å². The zero-order valence-electron chi connectivity index (χ0n) is 14.0. The summed E-state index contributed by atoms with van der Waals surface area (Å²) in [7, 11) is 0. The van der Waals surface area contributed by atoms with Crippen molar-refractivity contribution in [2.24, 2.45) is 0 Å². The molecule has 0 spiro atoms. The Kier molecular flexibility index (Phi) is 5.00. The highest BCUT2D eigenvalue weighted by atomic mass is 19.1. The number of hydrogen-bond donors (Lipinski definition) is 1. The Hall–Kier alpha value is -1.42. The first kappa shape index (κ1) is 16.4. The summed E-state index contributed by atoms with van der Waals surface area (Å²) < 4.78 is 13.1. The van der Waals surface area contributed by atoms with Crippen LogP contribution in [0.5, 0.6) is 0 Å². The summed E-state index contributed by atoms with van der Waals surface area (Å²) >= 11 is 0. The van der Waals surface area contributed by atoms with Crippen molar-refractivity contribution in [3.8, 4) is 0 Å². The molecule has 1 amide bonds. The van der Waals surface area contributed by atoms with Crippen molar-refractivity contribution in [1.29, 1.82) is 0 Å². The van der Waals surface area contributed by atoms with Crippen LogP contribution in [0.1, 0.15) is 51.0 Å². The molecule has 1 aromatic rings. The van der Waals surface area contributed by atoms with Crippen LogP contribution in [0, 0.1) is 5.82 Å². The smallest absolute Gasteiger partial charge is 0.237 e. The van der Waals surface area contributed by atoms with Crippen LogP contribution in [0.3, 0.4) is 0 Å². The van der Waals surface area contributed by atoms with Crippen molar-refractivity contribution in [2.75, 3.05) is 19.6 Å². The third-order valence-electron chi connectivity index (χ3n) is 5.34. The molecule has 4 heteroatoms. The summed E-state index contributed by atoms with van der Waals surface area (Å²) in [5, 5.41) is 3.18. The van der Waals surface area contributed by atoms with Crippen LogP contribution < -0.4 is 5.32 Å². The number of carbonyl (C=O) groups excluding carboxylic acids is 1. The molecule has 23 heavy (non-hydrogen) atoms. The fourth-order valence-electron chi connectivity index (χ4n) is 3.74. The molecule has 0 bridgehead atoms. The van der Waals surface area contributed by atoms with Gasteiger partial charge < -0.3 is 5.32 Å². The number of amides is 1. The van der Waals surface area contributed by atoms with Crippen molar-refractivity contribution >= 4 is 5.91 Å². The first-order valence-electron chi connectivity index (χ1n) is 8.92. The molecule has 1 unspecified atom stereocenters. The summed E-state index contributed by atoms with van der Waals surface area (Å²) in [5.41, 5.74) is 1.18. The van der Waals surface area contributed by atoms with Crippen LogP contribution in [-0.2, 0) is 10.2 Å². The van der Waals surface area contributed by atoms with Crippen molar-refractivity contribution < 1.29 is 9.18 Å². The standard InChI is InChI=1S/C19H27FN2O/c1-2-12-22-13-4-3-5-17(22)18(23)21-14-19(10-11-19)15-6-8-16(20)9-7-15/h6-9,17H,2-5,10-14H2,1H3,(H,21,23). The van der Waals surface area contributed by atoms with Gasteiger partial charge in [0, 0.05) is 12.0 Å². The van der Waals surface area contributed by atoms with Crippen LogP contribution in [-0.4, -0.2) is 36.5 Å². The Morgan fingerprint density at radius 3 is 2.70 bits per heavy atom. The number of benzene rings is 1. The van der Waals surface area contributed by atoms with Crippen molar-refractivity contribution in [3.05, 3.63) is 35.6 Å². The SMILES string of the molecule is CCCN1CCCCC1C(=O)NCC1(c2ccc(F)cc2)CC1. The predicted molar refractivity (Wildman–Crippen MR) is 89.8 cm³/mol. The van der Waals surface area contributed by atoms with Crippen LogP contribution >= 0.6 is 0 Å². The molecule has 1 saturated carbocycles. The maximum Gasteiger partial charge on any atom is 0.237 e. The van der Waals surface area contributed by atoms with Crippen LogP contribution in [0.4, 0.5) is 4.39 Å². The van der Waals surface area contributed by atoms with Gasteiger partial charge in [-0.25, -0.2) is 4.39 Å². The van der Waals surface area contributed by atoms with E-state index in [1.165, 1.54) is 18.6 Å². The van der Waals surface area contributed by atoms with Gasteiger partial charge in [0.25, 0.3) is 0 Å². The molecule has 0 aromatic heterocycles. The summed E-state index contributed by atoms with van der Waals surface area (Å²) in [6.45, 7) is 4.88. The van der Waals surface area contributed by atoms with Gasteiger partial charge in [0.2, 0.25) is 5.91 Å². The highest BCUT2D eigenvalue weighted by Gasteiger charge is 2.44. The second-order valence-electron chi connectivity index (χ2n) is 7.05. The molecule has 1 saturated heterocycles. The lowest BCUT2D eigenvalue weighted by Gasteiger charge is -2.34. The van der Waals surface area contributed by atoms with E-state index in [0.717, 1.165) is 50.8 Å². The van der Waals surface area contributed by atoms with E-state index in [1.54, 1.807) is 0 Å². The number of hydrogen-bond acceptors (Lipinski definition) is 2. The van der Waals surface area contributed by atoms with E-state index in [4.69, 9.17) is 0 Å². The Morgan fingerprint density at radius 2 is 2.04 bits per heavy atom. The summed E-state index contributed by atoms with van der Waals surface area (Å²) in [6, 6.07) is 6.78. The molecule has 1 atom stereocenters. The minimum atomic E-state index is -0.203. The number of halogens is 1. The number of rotatable bonds is 6. The summed E-state index contributed by atoms with van der Waals surface area (Å²) in [5.74, 6) is -0.0301. The summed E-state index contributed by atoms with van der Waals surface area (Å²) in [6.07, 6.45) is 6.54. The normalized spacial score (nSPS) is 23.5. The number of likely N-dealkylation sites (tertiary alicyclic amines) is 1. The lowest BCUT2D eigenvalue weighted by Crippen LogP contribution is -2.50. The topological polar surface area (TPSA) is 32.3 Å².